The molecule has 4 aromatic carbocycles. The lowest BCUT2D eigenvalue weighted by Crippen LogP contribution is -2.38. The summed E-state index contributed by atoms with van der Waals surface area (Å²) in [4.78, 5) is 67.7. The van der Waals surface area contributed by atoms with E-state index < -0.39 is 30.8 Å². The summed E-state index contributed by atoms with van der Waals surface area (Å²) in [6, 6.07) is 31.4. The Hall–Kier alpha value is -5.63. The minimum absolute atomic E-state index is 0.0874. The highest BCUT2D eigenvalue weighted by Gasteiger charge is 2.43. The van der Waals surface area contributed by atoms with E-state index in [1.165, 1.54) is 6.08 Å². The third kappa shape index (κ3) is 6.23. The topological polar surface area (TPSA) is 101 Å². The minimum atomic E-state index is -0.780. The quantitative estimate of drug-likeness (QED) is 0.140. The molecule has 208 valence electrons. The molecule has 42 heavy (non-hydrogen) atoms. The van der Waals surface area contributed by atoms with Crippen LogP contribution < -0.4 is 4.74 Å². The zero-order chi connectivity index (χ0) is 29.5. The number of benzene rings is 4. The average Bonchev–Trinajstić information content (AvgIpc) is 3.25. The number of carbonyl (C=O) groups is 5. The summed E-state index contributed by atoms with van der Waals surface area (Å²) in [6.45, 7) is -1.14. The van der Waals surface area contributed by atoms with Crippen LogP contribution in [0.15, 0.2) is 121 Å². The number of nitrogens with zero attached hydrogens (tertiary/aromatic N) is 2. The number of hydrogen-bond acceptors (Lipinski definition) is 6. The van der Waals surface area contributed by atoms with Gasteiger partial charge in [-0.25, -0.2) is 4.79 Å². The van der Waals surface area contributed by atoms with Gasteiger partial charge in [-0.3, -0.25) is 29.0 Å². The number of ketones is 3. The smallest absolute Gasteiger partial charge is 0.332 e. The Kier molecular flexibility index (Phi) is 8.44. The third-order valence-electron chi connectivity index (χ3n) is 6.68. The van der Waals surface area contributed by atoms with E-state index in [0.717, 1.165) is 9.80 Å². The predicted molar refractivity (Wildman–Crippen MR) is 156 cm³/mol. The highest BCUT2D eigenvalue weighted by atomic mass is 16.5. The van der Waals surface area contributed by atoms with Gasteiger partial charge in [0, 0.05) is 22.3 Å². The molecule has 0 saturated carbocycles. The first-order valence-corrected chi connectivity index (χ1v) is 13.2. The highest BCUT2D eigenvalue weighted by Crippen LogP contribution is 2.28. The summed E-state index contributed by atoms with van der Waals surface area (Å²) in [5, 5.41) is 0. The van der Waals surface area contributed by atoms with E-state index in [1.807, 2.05) is 6.07 Å². The van der Waals surface area contributed by atoms with E-state index in [2.05, 4.69) is 0 Å². The molecule has 0 atom stereocenters. The van der Waals surface area contributed by atoms with E-state index >= 15 is 0 Å². The number of urea groups is 1. The van der Waals surface area contributed by atoms with Gasteiger partial charge in [0.2, 0.25) is 0 Å². The van der Waals surface area contributed by atoms with Gasteiger partial charge >= 0.3 is 6.03 Å². The van der Waals surface area contributed by atoms with Gasteiger partial charge in [-0.15, -0.1) is 0 Å². The van der Waals surface area contributed by atoms with Crippen LogP contribution in [0.3, 0.4) is 0 Å². The van der Waals surface area contributed by atoms with Crippen molar-refractivity contribution >= 4 is 35.4 Å². The fourth-order valence-corrected chi connectivity index (χ4v) is 4.47. The van der Waals surface area contributed by atoms with Crippen LogP contribution >= 0.6 is 0 Å². The number of hydrogen-bond donors (Lipinski definition) is 0. The van der Waals surface area contributed by atoms with Crippen molar-refractivity contribution in [3.63, 3.8) is 0 Å². The minimum Gasteiger partial charge on any atom is -0.485 e. The van der Waals surface area contributed by atoms with E-state index in [1.54, 1.807) is 109 Å². The molecule has 3 amide bonds. The maximum atomic E-state index is 13.6. The standard InChI is InChI=1S/C34H26N2O6/c37-29(24-12-4-1-5-13-24)21-35-28(33(40)36(34(35)41)22-30(38)25-14-6-2-7-15-25)20-27-18-10-11-19-32(27)42-23-31(39)26-16-8-3-9-17-26/h1-20H,21-23H2/b28-20+. The van der Waals surface area contributed by atoms with Crippen LogP contribution in [0.2, 0.25) is 0 Å². The van der Waals surface area contributed by atoms with Gasteiger partial charge in [-0.2, -0.15) is 0 Å². The summed E-state index contributed by atoms with van der Waals surface area (Å²) in [7, 11) is 0. The van der Waals surface area contributed by atoms with Crippen molar-refractivity contribution in [3.8, 4) is 5.75 Å². The van der Waals surface area contributed by atoms with Crippen LogP contribution in [-0.4, -0.2) is 58.8 Å². The fourth-order valence-electron chi connectivity index (χ4n) is 4.47. The number of ether oxygens (including phenoxy) is 1. The summed E-state index contributed by atoms with van der Waals surface area (Å²) >= 11 is 0. The lowest BCUT2D eigenvalue weighted by Gasteiger charge is -2.17. The number of imide groups is 1. The summed E-state index contributed by atoms with van der Waals surface area (Å²) in [5.41, 5.74) is 1.55. The SMILES string of the molecule is O=C(COc1ccccc1/C=C1\C(=O)N(CC(=O)c2ccccc2)C(=O)N1CC(=O)c1ccccc1)c1ccccc1. The molecule has 1 aliphatic rings. The Labute approximate surface area is 242 Å². The maximum Gasteiger partial charge on any atom is 0.332 e. The van der Waals surface area contributed by atoms with Gasteiger partial charge in [0.05, 0.1) is 13.1 Å². The molecule has 1 heterocycles. The van der Waals surface area contributed by atoms with Crippen molar-refractivity contribution in [2.45, 2.75) is 0 Å². The van der Waals surface area contributed by atoms with Crippen LogP contribution in [0.5, 0.6) is 5.75 Å². The molecular weight excluding hydrogens is 532 g/mol. The number of Topliss-reactive ketones (excluding diaryl/α,β-unsaturated/α-hetero) is 3. The van der Waals surface area contributed by atoms with Crippen LogP contribution in [-0.2, 0) is 4.79 Å². The van der Waals surface area contributed by atoms with Gasteiger partial charge in [0.15, 0.2) is 24.0 Å². The zero-order valence-electron chi connectivity index (χ0n) is 22.5. The molecule has 0 radical (unpaired) electrons. The molecule has 0 unspecified atom stereocenters. The zero-order valence-corrected chi connectivity index (χ0v) is 22.5. The Morgan fingerprint density at radius 1 is 0.571 bits per heavy atom. The summed E-state index contributed by atoms with van der Waals surface area (Å²) < 4.78 is 5.82. The Morgan fingerprint density at radius 2 is 1.02 bits per heavy atom. The molecule has 8 heteroatoms. The van der Waals surface area contributed by atoms with E-state index in [0.29, 0.717) is 28.0 Å². The van der Waals surface area contributed by atoms with E-state index in [4.69, 9.17) is 4.74 Å². The second-order valence-corrected chi connectivity index (χ2v) is 9.48. The molecule has 0 bridgehead atoms. The number of rotatable bonds is 11. The van der Waals surface area contributed by atoms with Gasteiger partial charge in [0.25, 0.3) is 5.91 Å². The first-order valence-electron chi connectivity index (χ1n) is 13.2. The van der Waals surface area contributed by atoms with Crippen molar-refractivity contribution in [2.24, 2.45) is 0 Å². The van der Waals surface area contributed by atoms with Crippen molar-refractivity contribution in [1.29, 1.82) is 0 Å². The normalized spacial score (nSPS) is 13.9. The van der Waals surface area contributed by atoms with Gasteiger partial charge < -0.3 is 4.74 Å². The first-order chi connectivity index (χ1) is 20.4. The third-order valence-corrected chi connectivity index (χ3v) is 6.68. The van der Waals surface area contributed by atoms with Crippen molar-refractivity contribution in [2.75, 3.05) is 19.7 Å². The fraction of sp³-hybridized carbons (Fsp3) is 0.0882. The Morgan fingerprint density at radius 3 is 1.57 bits per heavy atom. The number of carbonyl (C=O) groups excluding carboxylic acids is 5. The molecule has 4 aromatic rings. The molecular formula is C34H26N2O6. The van der Waals surface area contributed by atoms with Crippen molar-refractivity contribution in [1.82, 2.24) is 9.80 Å². The van der Waals surface area contributed by atoms with Crippen molar-refractivity contribution in [3.05, 3.63) is 143 Å². The van der Waals surface area contributed by atoms with Crippen LogP contribution in [0, 0.1) is 0 Å². The second-order valence-electron chi connectivity index (χ2n) is 9.48. The van der Waals surface area contributed by atoms with Gasteiger partial charge in [-0.1, -0.05) is 109 Å². The monoisotopic (exact) mass is 558 g/mol. The lowest BCUT2D eigenvalue weighted by atomic mass is 10.1. The Bertz CT molecular complexity index is 1670. The Balaban J connectivity index is 1.44. The highest BCUT2D eigenvalue weighted by molar-refractivity contribution is 6.18. The molecule has 5 rings (SSSR count). The van der Waals surface area contributed by atoms with Crippen LogP contribution in [0.4, 0.5) is 4.79 Å². The molecule has 1 saturated heterocycles. The van der Waals surface area contributed by atoms with Crippen LogP contribution in [0.1, 0.15) is 36.6 Å². The van der Waals surface area contributed by atoms with E-state index in [9.17, 15) is 24.0 Å². The van der Waals surface area contributed by atoms with Gasteiger partial charge in [-0.05, 0) is 12.1 Å². The first kappa shape index (κ1) is 27.9. The molecule has 8 nitrogen and oxygen atoms in total. The predicted octanol–water partition coefficient (Wildman–Crippen LogP) is 5.32. The lowest BCUT2D eigenvalue weighted by molar-refractivity contribution is -0.122. The number of para-hydroxylation sites is 1. The van der Waals surface area contributed by atoms with Crippen molar-refractivity contribution < 1.29 is 28.7 Å². The molecule has 0 aromatic heterocycles. The summed E-state index contributed by atoms with van der Waals surface area (Å²) in [5.74, 6) is -1.44. The largest absolute Gasteiger partial charge is 0.485 e. The summed E-state index contributed by atoms with van der Waals surface area (Å²) in [6.07, 6.45) is 1.44. The maximum absolute atomic E-state index is 13.6. The molecule has 1 aliphatic heterocycles. The van der Waals surface area contributed by atoms with Crippen LogP contribution in [0.25, 0.3) is 6.08 Å². The average molecular weight is 559 g/mol. The molecule has 0 aliphatic carbocycles. The second kappa shape index (κ2) is 12.7. The molecule has 0 N–H and O–H groups in total. The molecule has 1 fully saturated rings. The van der Waals surface area contributed by atoms with E-state index in [-0.39, 0.29) is 23.9 Å². The number of amides is 3. The molecule has 0 spiro atoms. The van der Waals surface area contributed by atoms with Gasteiger partial charge in [0.1, 0.15) is 11.4 Å².